The monoisotopic (exact) mass is 586 g/mol. The average molecular weight is 587 g/mol. The molecule has 2 saturated heterocycles. The second kappa shape index (κ2) is 11.6. The number of sulfonamides is 1. The molecule has 31 heavy (non-hydrogen) atoms. The van der Waals surface area contributed by atoms with Gasteiger partial charge in [-0.25, -0.2) is 0 Å². The predicted molar refractivity (Wildman–Crippen MR) is 129 cm³/mol. The molecule has 1 aromatic rings. The van der Waals surface area contributed by atoms with E-state index in [9.17, 15) is 18.4 Å². The summed E-state index contributed by atoms with van der Waals surface area (Å²) in [6, 6.07) is 8.68. The first kappa shape index (κ1) is 25.2. The molecule has 176 valence electrons. The van der Waals surface area contributed by atoms with Gasteiger partial charge in [0.1, 0.15) is 0 Å². The van der Waals surface area contributed by atoms with Crippen LogP contribution in [-0.2, 0) is 24.3 Å². The van der Waals surface area contributed by atoms with Crippen molar-refractivity contribution in [3.63, 3.8) is 0 Å². The number of hydrogen-bond donors (Lipinski definition) is 2. The number of carbonyl (C=O) groups excluding carboxylic acids is 1. The normalized spacial score (nSPS) is 21.0. The number of thioether (sulfide) groups is 1. The molecule has 11 heteroatoms. The Hall–Kier alpha value is -0.440. The van der Waals surface area contributed by atoms with Crippen LogP contribution in [0.3, 0.4) is 0 Å². The zero-order valence-electron chi connectivity index (χ0n) is 17.7. The third-order valence-corrected chi connectivity index (χ3v) is 15.2. The van der Waals surface area contributed by atoms with Crippen LogP contribution in [0.5, 0.6) is 0 Å². The number of nitrogens with one attached hydrogen (secondary N) is 1. The van der Waals surface area contributed by atoms with E-state index in [1.54, 1.807) is 17.2 Å². The molecule has 0 unspecified atom stereocenters. The van der Waals surface area contributed by atoms with E-state index in [2.05, 4.69) is 24.3 Å². The second-order valence-electron chi connectivity index (χ2n) is 7.29. The minimum absolute atomic E-state index is 0.0585. The molecule has 0 aromatic heterocycles. The third kappa shape index (κ3) is 5.74. The van der Waals surface area contributed by atoms with E-state index in [0.29, 0.717) is 13.1 Å². The summed E-state index contributed by atoms with van der Waals surface area (Å²) in [6.07, 6.45) is 0.117. The number of benzene rings is 1. The Morgan fingerprint density at radius 1 is 1.26 bits per heavy atom. The van der Waals surface area contributed by atoms with Crippen molar-refractivity contribution in [2.24, 2.45) is 0 Å². The minimum atomic E-state index is -3.89. The van der Waals surface area contributed by atoms with Crippen molar-refractivity contribution in [2.45, 2.75) is 29.4 Å². The molecule has 2 aliphatic heterocycles. The molecule has 3 rings (SSSR count). The molecule has 1 aromatic carbocycles. The molecule has 2 heterocycles. The number of amides is 1. The number of alkyl halides is 2. The van der Waals surface area contributed by atoms with Crippen molar-refractivity contribution in [3.8, 4) is 0 Å². The van der Waals surface area contributed by atoms with Gasteiger partial charge in [-0.1, -0.05) is 0 Å². The van der Waals surface area contributed by atoms with E-state index >= 15 is 0 Å². The first-order valence-electron chi connectivity index (χ1n) is 10.4. The second-order valence-corrected chi connectivity index (χ2v) is 16.7. The van der Waals surface area contributed by atoms with E-state index in [0.717, 1.165) is 27.8 Å². The molecular formula is C20H31IN2O6S2. The predicted octanol–water partition coefficient (Wildman–Crippen LogP) is 2.19. The Balaban J connectivity index is 1.61. The molecule has 2 fully saturated rings. The van der Waals surface area contributed by atoms with Gasteiger partial charge in [-0.15, -0.1) is 0 Å². The number of carbonyl (C=O) groups is 1. The van der Waals surface area contributed by atoms with Gasteiger partial charge in [0.15, 0.2) is 0 Å². The molecular weight excluding hydrogens is 555 g/mol. The topological polar surface area (TPSA) is 105 Å². The van der Waals surface area contributed by atoms with Crippen molar-refractivity contribution in [1.82, 2.24) is 9.79 Å². The fourth-order valence-corrected chi connectivity index (χ4v) is 12.8. The summed E-state index contributed by atoms with van der Waals surface area (Å²) in [7, 11) is -3.89. The van der Waals surface area contributed by atoms with Crippen molar-refractivity contribution < 1.29 is 27.9 Å². The summed E-state index contributed by atoms with van der Waals surface area (Å²) in [5.74, 6) is 0.0745. The van der Waals surface area contributed by atoms with E-state index in [1.807, 2.05) is 6.92 Å². The molecule has 0 bridgehead atoms. The van der Waals surface area contributed by atoms with Crippen molar-refractivity contribution >= 4 is 47.5 Å². The SMILES string of the molecule is CCOCCSc1ccc(I2CCN(S(=O)(=O)C3(C(=O)NO)CCOCC3)CC2)cc1. The number of nitrogens with zero attached hydrogens (tertiary/aromatic N) is 1. The standard InChI is InChI=1S/C20H31IN2O6S2/c1-2-28-15-16-30-18-5-3-17(4-6-18)21-9-11-23(12-10-21)31(26,27)20(19(24)22-25)7-13-29-14-8-20/h3-6,25H,2,7-16H2,1H3,(H,22,24). The van der Waals surface area contributed by atoms with Crippen LogP contribution in [0.1, 0.15) is 19.8 Å². The molecule has 0 aliphatic carbocycles. The van der Waals surface area contributed by atoms with Gasteiger partial charge >= 0.3 is 197 Å². The fourth-order valence-electron chi connectivity index (χ4n) is 3.78. The number of ether oxygens (including phenoxy) is 2. The van der Waals surface area contributed by atoms with Crippen LogP contribution in [0.15, 0.2) is 29.2 Å². The van der Waals surface area contributed by atoms with Gasteiger partial charge in [0.2, 0.25) is 0 Å². The summed E-state index contributed by atoms with van der Waals surface area (Å²) in [5.41, 5.74) is 1.58. The van der Waals surface area contributed by atoms with Crippen LogP contribution in [0.4, 0.5) is 0 Å². The zero-order valence-corrected chi connectivity index (χ0v) is 21.5. The molecule has 2 N–H and O–H groups in total. The van der Waals surface area contributed by atoms with E-state index < -0.39 is 40.5 Å². The summed E-state index contributed by atoms with van der Waals surface area (Å²) >= 11 is 0.312. The van der Waals surface area contributed by atoms with Gasteiger partial charge in [0, 0.05) is 0 Å². The Labute approximate surface area is 195 Å². The molecule has 2 aliphatic rings. The summed E-state index contributed by atoms with van der Waals surface area (Å²) in [4.78, 5) is 13.6. The van der Waals surface area contributed by atoms with Gasteiger partial charge in [-0.3, -0.25) is 0 Å². The Kier molecular flexibility index (Phi) is 9.44. The first-order valence-corrected chi connectivity index (χ1v) is 16.9. The Morgan fingerprint density at radius 2 is 1.90 bits per heavy atom. The van der Waals surface area contributed by atoms with Gasteiger partial charge < -0.3 is 0 Å². The van der Waals surface area contributed by atoms with Crippen LogP contribution in [0.25, 0.3) is 0 Å². The third-order valence-electron chi connectivity index (χ3n) is 5.60. The van der Waals surface area contributed by atoms with Crippen LogP contribution >= 0.6 is 31.6 Å². The van der Waals surface area contributed by atoms with Crippen molar-refractivity contribution in [3.05, 3.63) is 27.8 Å². The number of halogens is 1. The number of rotatable bonds is 9. The molecule has 8 nitrogen and oxygen atoms in total. The number of hydroxylamine groups is 1. The number of hydrogen-bond acceptors (Lipinski definition) is 7. The van der Waals surface area contributed by atoms with Crippen molar-refractivity contribution in [1.29, 1.82) is 0 Å². The summed E-state index contributed by atoms with van der Waals surface area (Å²) in [6.45, 7) is 4.71. The average Bonchev–Trinajstić information content (AvgIpc) is 2.82. The molecule has 1 amide bonds. The molecule has 0 atom stereocenters. The van der Waals surface area contributed by atoms with E-state index in [-0.39, 0.29) is 26.1 Å². The van der Waals surface area contributed by atoms with Gasteiger partial charge in [-0.2, -0.15) is 0 Å². The summed E-state index contributed by atoms with van der Waals surface area (Å²) < 4.78 is 40.3. The summed E-state index contributed by atoms with van der Waals surface area (Å²) in [5, 5.41) is 9.18. The van der Waals surface area contributed by atoms with Crippen LogP contribution in [0.2, 0.25) is 0 Å². The van der Waals surface area contributed by atoms with Gasteiger partial charge in [0.25, 0.3) is 0 Å². The Bertz CT molecular complexity index is 823. The molecule has 0 radical (unpaired) electrons. The molecule has 0 saturated carbocycles. The first-order chi connectivity index (χ1) is 14.9. The van der Waals surface area contributed by atoms with Gasteiger partial charge in [-0.05, 0) is 0 Å². The maximum absolute atomic E-state index is 13.4. The van der Waals surface area contributed by atoms with Gasteiger partial charge in [0.05, 0.1) is 0 Å². The maximum atomic E-state index is 13.4. The van der Waals surface area contributed by atoms with Crippen LogP contribution < -0.4 is 5.48 Å². The molecule has 0 spiro atoms. The van der Waals surface area contributed by atoms with Crippen molar-refractivity contribution in [2.75, 3.05) is 54.1 Å². The Morgan fingerprint density at radius 3 is 2.48 bits per heavy atom. The fraction of sp³-hybridized carbons (Fsp3) is 0.650. The van der Waals surface area contributed by atoms with E-state index in [1.165, 1.54) is 12.8 Å². The quantitative estimate of drug-likeness (QED) is 0.114. The van der Waals surface area contributed by atoms with Crippen LogP contribution in [-0.4, -0.2) is 82.7 Å². The van der Waals surface area contributed by atoms with E-state index in [4.69, 9.17) is 9.47 Å². The van der Waals surface area contributed by atoms with Crippen LogP contribution in [0, 0.1) is 3.57 Å². The zero-order chi connectivity index (χ0) is 22.3.